The fourth-order valence-corrected chi connectivity index (χ4v) is 0.632. The van der Waals surface area contributed by atoms with Gasteiger partial charge in [0.05, 0.1) is 0 Å². The molecule has 0 bridgehead atoms. The van der Waals surface area contributed by atoms with Crippen LogP contribution in [-0.2, 0) is 39.9 Å². The van der Waals surface area contributed by atoms with Gasteiger partial charge in [0.2, 0.25) is 10.4 Å². The molecule has 16 heavy (non-hydrogen) atoms. The van der Waals surface area contributed by atoms with E-state index in [0.29, 0.717) is 0 Å². The maximum atomic E-state index is 9.51. The van der Waals surface area contributed by atoms with Crippen LogP contribution in [0.25, 0.3) is 0 Å². The Morgan fingerprint density at radius 2 is 0.875 bits per heavy atom. The van der Waals surface area contributed by atoms with Gasteiger partial charge in [-0.05, 0) is 0 Å². The van der Waals surface area contributed by atoms with Gasteiger partial charge >= 0.3 is 50.4 Å². The van der Waals surface area contributed by atoms with Gasteiger partial charge in [0, 0.05) is 0 Å². The van der Waals surface area contributed by atoms with E-state index in [4.69, 9.17) is 26.6 Å². The van der Waals surface area contributed by atoms with Crippen molar-refractivity contribution in [3.05, 3.63) is 0 Å². The van der Waals surface area contributed by atoms with Crippen molar-refractivity contribution < 1.29 is 81.7 Å². The molecule has 0 amide bonds. The molecule has 16 heteroatoms. The summed E-state index contributed by atoms with van der Waals surface area (Å²) in [4.78, 5) is 0. The summed E-state index contributed by atoms with van der Waals surface area (Å²) in [6, 6.07) is 0. The van der Waals surface area contributed by atoms with Crippen molar-refractivity contribution in [3.8, 4) is 0 Å². The van der Waals surface area contributed by atoms with Gasteiger partial charge in [-0.25, -0.2) is 8.42 Å². The Hall–Kier alpha value is 0.610. The largest absolute Gasteiger partial charge is 1.00 e. The third kappa shape index (κ3) is 46.7. The molecule has 0 saturated carbocycles. The first-order valence-corrected chi connectivity index (χ1v) is 6.31. The molecule has 0 aliphatic heterocycles. The van der Waals surface area contributed by atoms with Gasteiger partial charge in [0.15, 0.2) is 0 Å². The zero-order valence-corrected chi connectivity index (χ0v) is 11.7. The molecule has 0 atom stereocenters. The first-order valence-electron chi connectivity index (χ1n) is 2.21. The second-order valence-electron chi connectivity index (χ2n) is 1.42. The van der Waals surface area contributed by atoms with Crippen LogP contribution in [0.1, 0.15) is 0 Å². The minimum absolute atomic E-state index is 0. The molecular weight excluding hydrogens is 311 g/mol. The Balaban J connectivity index is -0.000000242. The quantitative estimate of drug-likeness (QED) is 0.147. The van der Waals surface area contributed by atoms with E-state index >= 15 is 0 Å². The van der Waals surface area contributed by atoms with Crippen molar-refractivity contribution in [3.63, 3.8) is 0 Å². The van der Waals surface area contributed by atoms with Crippen LogP contribution in [-0.4, -0.2) is 43.5 Å². The molecular formula is H3NaO12S3. The summed E-state index contributed by atoms with van der Waals surface area (Å²) >= 11 is 0. The predicted molar refractivity (Wildman–Crippen MR) is 37.6 cm³/mol. The van der Waals surface area contributed by atoms with Crippen LogP contribution < -0.4 is 29.6 Å². The summed E-state index contributed by atoms with van der Waals surface area (Å²) in [5.74, 6) is 0. The molecule has 0 heterocycles. The maximum Gasteiger partial charge on any atom is 1.00 e. The zero-order valence-electron chi connectivity index (χ0n) is 7.24. The van der Waals surface area contributed by atoms with E-state index in [1.54, 1.807) is 0 Å². The van der Waals surface area contributed by atoms with Crippen LogP contribution in [0.2, 0.25) is 0 Å². The molecule has 0 aromatic heterocycles. The van der Waals surface area contributed by atoms with Crippen LogP contribution in [0, 0.1) is 0 Å². The Morgan fingerprint density at radius 1 is 0.750 bits per heavy atom. The van der Waals surface area contributed by atoms with E-state index in [0.717, 1.165) is 0 Å². The first kappa shape index (κ1) is 21.9. The molecule has 0 unspecified atom stereocenters. The second kappa shape index (κ2) is 7.84. The van der Waals surface area contributed by atoms with Crippen LogP contribution in [0.3, 0.4) is 0 Å². The smallest absolute Gasteiger partial charge is 0.726 e. The van der Waals surface area contributed by atoms with Gasteiger partial charge in [-0.15, -0.1) is 0 Å². The van der Waals surface area contributed by atoms with E-state index in [1.807, 2.05) is 0 Å². The van der Waals surface area contributed by atoms with Gasteiger partial charge in [-0.3, -0.25) is 13.7 Å². The van der Waals surface area contributed by atoms with Crippen molar-refractivity contribution in [2.24, 2.45) is 0 Å². The summed E-state index contributed by atoms with van der Waals surface area (Å²) in [5, 5.41) is 0. The molecule has 0 aliphatic carbocycles. The van der Waals surface area contributed by atoms with Crippen LogP contribution in [0.5, 0.6) is 0 Å². The predicted octanol–water partition coefficient (Wildman–Crippen LogP) is -5.45. The fourth-order valence-electron chi connectivity index (χ4n) is 0.0702. The fraction of sp³-hybridized carbons (Fsp3) is 0. The van der Waals surface area contributed by atoms with Crippen molar-refractivity contribution in [1.82, 2.24) is 0 Å². The topological polar surface area (TPSA) is 205 Å². The molecule has 94 valence electrons. The van der Waals surface area contributed by atoms with Crippen molar-refractivity contribution in [1.29, 1.82) is 0 Å². The monoisotopic (exact) mass is 314 g/mol. The average Bonchev–Trinajstić information content (AvgIpc) is 1.76. The SMILES string of the molecule is O=S(=O)(O)OOS(=O)(=O)O.O=S(=O)([O-])O.[Na+]. The summed E-state index contributed by atoms with van der Waals surface area (Å²) < 4.78 is 91.7. The third-order valence-corrected chi connectivity index (χ3v) is 0.766. The minimum atomic E-state index is -5.02. The summed E-state index contributed by atoms with van der Waals surface area (Å²) in [5.41, 5.74) is 0. The molecule has 0 aromatic rings. The van der Waals surface area contributed by atoms with E-state index in [1.165, 1.54) is 0 Å². The molecule has 0 rings (SSSR count). The Morgan fingerprint density at radius 3 is 0.938 bits per heavy atom. The molecule has 0 spiro atoms. The van der Waals surface area contributed by atoms with E-state index in [-0.39, 0.29) is 29.6 Å². The number of rotatable bonds is 3. The van der Waals surface area contributed by atoms with Crippen molar-refractivity contribution in [2.45, 2.75) is 0 Å². The maximum absolute atomic E-state index is 9.51. The Labute approximate surface area is 112 Å². The standard InChI is InChI=1S/Na.H2O8S2.H2O4S/c;1-9(2,3)7-8-10(4,5)6;1-5(2,3)4/h;(H,1,2,3)(H,4,5,6);(H2,1,2,3,4)/q+1;;/p-1. The van der Waals surface area contributed by atoms with Gasteiger partial charge in [-0.1, -0.05) is 8.67 Å². The van der Waals surface area contributed by atoms with Crippen molar-refractivity contribution in [2.75, 3.05) is 0 Å². The molecule has 0 aliphatic rings. The van der Waals surface area contributed by atoms with Crippen molar-refractivity contribution >= 4 is 31.2 Å². The molecule has 0 saturated heterocycles. The zero-order chi connectivity index (χ0) is 12.9. The molecule has 0 aromatic carbocycles. The van der Waals surface area contributed by atoms with Crippen LogP contribution in [0.4, 0.5) is 0 Å². The van der Waals surface area contributed by atoms with E-state index in [2.05, 4.69) is 8.67 Å². The van der Waals surface area contributed by atoms with E-state index in [9.17, 15) is 16.8 Å². The van der Waals surface area contributed by atoms with Crippen LogP contribution in [0.15, 0.2) is 0 Å². The number of hydrogen-bond donors (Lipinski definition) is 3. The Kier molecular flexibility index (Phi) is 10.7. The van der Waals surface area contributed by atoms with Gasteiger partial charge in [0.25, 0.3) is 0 Å². The minimum Gasteiger partial charge on any atom is -0.726 e. The molecule has 12 nitrogen and oxygen atoms in total. The molecule has 3 N–H and O–H groups in total. The Bertz CT molecular complexity index is 420. The van der Waals surface area contributed by atoms with Gasteiger partial charge in [-0.2, -0.15) is 16.8 Å². The number of hydrogen-bond acceptors (Lipinski definition) is 9. The molecule has 0 radical (unpaired) electrons. The average molecular weight is 314 g/mol. The third-order valence-electron chi connectivity index (χ3n) is 0.200. The summed E-state index contributed by atoms with van der Waals surface area (Å²) in [6.07, 6.45) is 0. The summed E-state index contributed by atoms with van der Waals surface area (Å²) in [6.45, 7) is 0. The summed E-state index contributed by atoms with van der Waals surface area (Å²) in [7, 11) is -15.0. The van der Waals surface area contributed by atoms with Crippen LogP contribution >= 0.6 is 0 Å². The molecule has 0 fully saturated rings. The van der Waals surface area contributed by atoms with Gasteiger partial charge in [0.1, 0.15) is 0 Å². The first-order chi connectivity index (χ1) is 6.21. The van der Waals surface area contributed by atoms with E-state index < -0.39 is 31.2 Å². The van der Waals surface area contributed by atoms with Gasteiger partial charge < -0.3 is 4.55 Å². The second-order valence-corrected chi connectivity index (χ2v) is 4.26. The normalized spacial score (nSPS) is 12.0.